The van der Waals surface area contributed by atoms with Crippen LogP contribution in [0.5, 0.6) is 0 Å². The lowest BCUT2D eigenvalue weighted by Crippen LogP contribution is -2.34. The van der Waals surface area contributed by atoms with Crippen LogP contribution in [-0.2, 0) is 13.6 Å². The number of aryl methyl sites for hydroxylation is 2. The fraction of sp³-hybridized carbons (Fsp3) is 0.611. The zero-order valence-corrected chi connectivity index (χ0v) is 15.1. The van der Waals surface area contributed by atoms with Gasteiger partial charge in [0.2, 0.25) is 5.13 Å². The van der Waals surface area contributed by atoms with Crippen LogP contribution in [0, 0.1) is 24.7 Å². The van der Waals surface area contributed by atoms with Gasteiger partial charge < -0.3 is 9.47 Å². The van der Waals surface area contributed by atoms with Crippen molar-refractivity contribution in [3.63, 3.8) is 0 Å². The molecule has 2 bridgehead atoms. The van der Waals surface area contributed by atoms with Crippen LogP contribution in [0.1, 0.15) is 37.1 Å². The van der Waals surface area contributed by atoms with Gasteiger partial charge >= 0.3 is 0 Å². The maximum Gasteiger partial charge on any atom is 0.255 e. The highest BCUT2D eigenvalue weighted by molar-refractivity contribution is 7.09. The monoisotopic (exact) mass is 344 g/mol. The summed E-state index contributed by atoms with van der Waals surface area (Å²) in [5.74, 6) is 3.35. The molecule has 0 N–H and O–H groups in total. The Kier molecular flexibility index (Phi) is 4.16. The first-order chi connectivity index (χ1) is 11.6. The van der Waals surface area contributed by atoms with Gasteiger partial charge in [-0.25, -0.2) is 4.98 Å². The van der Waals surface area contributed by atoms with E-state index in [4.69, 9.17) is 0 Å². The van der Waals surface area contributed by atoms with E-state index in [1.165, 1.54) is 37.2 Å². The molecule has 2 aromatic heterocycles. The third kappa shape index (κ3) is 2.99. The van der Waals surface area contributed by atoms with Crippen LogP contribution in [0.25, 0.3) is 0 Å². The first kappa shape index (κ1) is 15.8. The van der Waals surface area contributed by atoms with Gasteiger partial charge in [-0.15, -0.1) is 0 Å². The van der Waals surface area contributed by atoms with E-state index in [1.54, 1.807) is 17.8 Å². The molecule has 0 amide bonds. The van der Waals surface area contributed by atoms with Gasteiger partial charge in [-0.05, 0) is 50.0 Å². The molecule has 2 heterocycles. The van der Waals surface area contributed by atoms with Crippen LogP contribution in [0.3, 0.4) is 0 Å². The summed E-state index contributed by atoms with van der Waals surface area (Å²) in [4.78, 5) is 19.3. The number of aromatic nitrogens is 3. The molecular weight excluding hydrogens is 320 g/mol. The second-order valence-electron chi connectivity index (χ2n) is 7.39. The van der Waals surface area contributed by atoms with Crippen molar-refractivity contribution in [2.75, 3.05) is 11.4 Å². The zero-order valence-electron chi connectivity index (χ0n) is 14.3. The van der Waals surface area contributed by atoms with Crippen molar-refractivity contribution >= 4 is 16.7 Å². The molecule has 0 aliphatic heterocycles. The van der Waals surface area contributed by atoms with Crippen LogP contribution in [-0.4, -0.2) is 20.5 Å². The number of hydrogen-bond donors (Lipinski definition) is 0. The number of hydrogen-bond acceptors (Lipinski definition) is 5. The molecule has 2 fully saturated rings. The quantitative estimate of drug-likeness (QED) is 0.837. The van der Waals surface area contributed by atoms with Crippen LogP contribution in [0.2, 0.25) is 0 Å². The molecule has 128 valence electrons. The Bertz CT molecular complexity index is 783. The van der Waals surface area contributed by atoms with E-state index in [1.807, 2.05) is 19.1 Å². The van der Waals surface area contributed by atoms with Gasteiger partial charge in [-0.1, -0.05) is 12.5 Å². The standard InChI is InChI=1S/C18H24N4OS/c1-12-19-18(24-20-12)22(10-15-4-3-7-21(2)17(15)23)11-16-9-13-5-6-14(16)8-13/h3-4,7,13-14,16H,5-6,8-11H2,1-2H3. The van der Waals surface area contributed by atoms with Gasteiger partial charge in [-0.3, -0.25) is 4.79 Å². The van der Waals surface area contributed by atoms with Crippen molar-refractivity contribution in [3.05, 3.63) is 40.1 Å². The SMILES string of the molecule is Cc1nsc(N(Cc2cccn(C)c2=O)CC2CC3CCC2C3)n1. The van der Waals surface area contributed by atoms with E-state index in [9.17, 15) is 4.79 Å². The maximum atomic E-state index is 12.4. The minimum Gasteiger partial charge on any atom is -0.342 e. The fourth-order valence-corrected chi connectivity index (χ4v) is 5.17. The third-order valence-corrected chi connectivity index (χ3v) is 6.56. The van der Waals surface area contributed by atoms with E-state index in [0.29, 0.717) is 6.54 Å². The van der Waals surface area contributed by atoms with Crippen molar-refractivity contribution in [1.82, 2.24) is 13.9 Å². The maximum absolute atomic E-state index is 12.4. The molecule has 2 saturated carbocycles. The Morgan fingerprint density at radius 3 is 2.92 bits per heavy atom. The van der Waals surface area contributed by atoms with Gasteiger partial charge in [0.25, 0.3) is 5.56 Å². The summed E-state index contributed by atoms with van der Waals surface area (Å²) < 4.78 is 6.00. The molecule has 0 aromatic carbocycles. The van der Waals surface area contributed by atoms with E-state index >= 15 is 0 Å². The molecule has 4 rings (SSSR count). The number of pyridine rings is 1. The predicted octanol–water partition coefficient (Wildman–Crippen LogP) is 2.99. The number of nitrogens with zero attached hydrogens (tertiary/aromatic N) is 4. The van der Waals surface area contributed by atoms with E-state index in [0.717, 1.165) is 40.8 Å². The average Bonchev–Trinajstić information content (AvgIpc) is 3.27. The lowest BCUT2D eigenvalue weighted by Gasteiger charge is -2.29. The Morgan fingerprint density at radius 1 is 1.38 bits per heavy atom. The summed E-state index contributed by atoms with van der Waals surface area (Å²) in [6.07, 6.45) is 7.34. The minimum atomic E-state index is 0.0803. The van der Waals surface area contributed by atoms with Gasteiger partial charge in [0.15, 0.2) is 0 Å². The number of rotatable bonds is 5. The highest BCUT2D eigenvalue weighted by Crippen LogP contribution is 2.48. The third-order valence-electron chi connectivity index (χ3n) is 5.69. The highest BCUT2D eigenvalue weighted by Gasteiger charge is 2.40. The Balaban J connectivity index is 1.58. The lowest BCUT2D eigenvalue weighted by atomic mass is 9.88. The smallest absolute Gasteiger partial charge is 0.255 e. The van der Waals surface area contributed by atoms with Gasteiger partial charge in [0.1, 0.15) is 5.82 Å². The van der Waals surface area contributed by atoms with Crippen LogP contribution in [0.15, 0.2) is 23.1 Å². The molecule has 24 heavy (non-hydrogen) atoms. The summed E-state index contributed by atoms with van der Waals surface area (Å²) in [5.41, 5.74) is 0.910. The van der Waals surface area contributed by atoms with Crippen LogP contribution < -0.4 is 10.5 Å². The molecular formula is C18H24N4OS. The molecule has 0 radical (unpaired) electrons. The van der Waals surface area contributed by atoms with E-state index in [-0.39, 0.29) is 5.56 Å². The summed E-state index contributed by atoms with van der Waals surface area (Å²) in [5, 5.41) is 0.946. The van der Waals surface area contributed by atoms with Crippen molar-refractivity contribution < 1.29 is 0 Å². The zero-order chi connectivity index (χ0) is 16.7. The second-order valence-corrected chi connectivity index (χ2v) is 8.12. The van der Waals surface area contributed by atoms with Crippen molar-refractivity contribution in [3.8, 4) is 0 Å². The molecule has 6 heteroatoms. The van der Waals surface area contributed by atoms with Crippen LogP contribution >= 0.6 is 11.5 Å². The fourth-order valence-electron chi connectivity index (χ4n) is 4.49. The largest absolute Gasteiger partial charge is 0.342 e. The molecule has 2 aliphatic rings. The topological polar surface area (TPSA) is 51.0 Å². The summed E-state index contributed by atoms with van der Waals surface area (Å²) >= 11 is 1.45. The van der Waals surface area contributed by atoms with Crippen LogP contribution in [0.4, 0.5) is 5.13 Å². The van der Waals surface area contributed by atoms with Gasteiger partial charge in [-0.2, -0.15) is 4.37 Å². The van der Waals surface area contributed by atoms with Gasteiger partial charge in [0.05, 0.1) is 6.54 Å². The van der Waals surface area contributed by atoms with E-state index < -0.39 is 0 Å². The summed E-state index contributed by atoms with van der Waals surface area (Å²) in [6.45, 7) is 3.54. The predicted molar refractivity (Wildman–Crippen MR) is 96.3 cm³/mol. The highest BCUT2D eigenvalue weighted by atomic mass is 32.1. The lowest BCUT2D eigenvalue weighted by molar-refractivity contribution is 0.333. The van der Waals surface area contributed by atoms with Gasteiger partial charge in [0, 0.05) is 36.9 Å². The minimum absolute atomic E-state index is 0.0803. The number of fused-ring (bicyclic) bond motifs is 2. The first-order valence-corrected chi connectivity index (χ1v) is 9.57. The van der Waals surface area contributed by atoms with E-state index in [2.05, 4.69) is 14.3 Å². The molecule has 0 saturated heterocycles. The second kappa shape index (κ2) is 6.31. The Morgan fingerprint density at radius 2 is 2.25 bits per heavy atom. The van der Waals surface area contributed by atoms with Crippen molar-refractivity contribution in [2.45, 2.75) is 39.2 Å². The molecule has 0 spiro atoms. The molecule has 2 aromatic rings. The molecule has 5 nitrogen and oxygen atoms in total. The Hall–Kier alpha value is -1.69. The molecule has 3 atom stereocenters. The van der Waals surface area contributed by atoms with Crippen molar-refractivity contribution in [1.29, 1.82) is 0 Å². The summed E-state index contributed by atoms with van der Waals surface area (Å²) in [6, 6.07) is 3.88. The average molecular weight is 344 g/mol. The number of anilines is 1. The normalized spacial score (nSPS) is 25.3. The Labute approximate surface area is 146 Å². The van der Waals surface area contributed by atoms with Crippen molar-refractivity contribution in [2.24, 2.45) is 24.8 Å². The molecule has 2 aliphatic carbocycles. The summed E-state index contributed by atoms with van der Waals surface area (Å²) in [7, 11) is 1.81. The molecule has 3 unspecified atom stereocenters. The first-order valence-electron chi connectivity index (χ1n) is 8.80.